The number of carbonyl (C=O) groups excluding carboxylic acids is 2. The monoisotopic (exact) mass is 403 g/mol. The summed E-state index contributed by atoms with van der Waals surface area (Å²) in [4.78, 5) is 36.2. The lowest BCUT2D eigenvalue weighted by molar-refractivity contribution is -0.137. The first kappa shape index (κ1) is 19.7. The second kappa shape index (κ2) is 7.90. The Morgan fingerprint density at radius 1 is 1.32 bits per heavy atom. The molecule has 0 spiro atoms. The van der Waals surface area contributed by atoms with E-state index in [2.05, 4.69) is 5.32 Å². The van der Waals surface area contributed by atoms with E-state index in [9.17, 15) is 19.5 Å². The Balaban J connectivity index is 1.96. The molecule has 8 heteroatoms. The van der Waals surface area contributed by atoms with Crippen LogP contribution in [0.25, 0.3) is 0 Å². The number of phenolic OH excluding ortho intramolecular Hbond substituents is 1. The molecule has 2 aromatic carbocycles. The van der Waals surface area contributed by atoms with Crippen LogP contribution in [-0.4, -0.2) is 34.2 Å². The number of hydrogen-bond donors (Lipinski definition) is 3. The van der Waals surface area contributed by atoms with Gasteiger partial charge in [-0.05, 0) is 24.1 Å². The summed E-state index contributed by atoms with van der Waals surface area (Å²) in [6.07, 6.45) is -0.426. The molecule has 0 radical (unpaired) electrons. The molecule has 1 heterocycles. The van der Waals surface area contributed by atoms with E-state index in [1.807, 2.05) is 0 Å². The predicted molar refractivity (Wildman–Crippen MR) is 101 cm³/mol. The molecule has 1 aliphatic heterocycles. The van der Waals surface area contributed by atoms with Crippen molar-refractivity contribution < 1.29 is 29.3 Å². The fraction of sp³-hybridized carbons (Fsp3) is 0.250. The zero-order valence-electron chi connectivity index (χ0n) is 14.9. The van der Waals surface area contributed by atoms with Crippen LogP contribution >= 0.6 is 11.6 Å². The summed E-state index contributed by atoms with van der Waals surface area (Å²) in [5.74, 6) is -3.13. The molecule has 1 aliphatic rings. The summed E-state index contributed by atoms with van der Waals surface area (Å²) in [7, 11) is 0. The smallest absolute Gasteiger partial charge is 0.342 e. The number of aromatic hydroxyl groups is 1. The van der Waals surface area contributed by atoms with Gasteiger partial charge in [0.1, 0.15) is 17.4 Å². The van der Waals surface area contributed by atoms with E-state index in [-0.39, 0.29) is 22.6 Å². The maximum Gasteiger partial charge on any atom is 0.342 e. The van der Waals surface area contributed by atoms with E-state index in [0.29, 0.717) is 17.5 Å². The lowest BCUT2D eigenvalue weighted by atomic mass is 9.95. The zero-order valence-corrected chi connectivity index (χ0v) is 15.7. The molecule has 0 saturated carbocycles. The molecule has 2 aromatic rings. The van der Waals surface area contributed by atoms with Crippen LogP contribution in [0.5, 0.6) is 5.75 Å². The molecular formula is C20H18ClNO6. The molecule has 2 atom stereocenters. The summed E-state index contributed by atoms with van der Waals surface area (Å²) in [6.45, 7) is 1.70. The van der Waals surface area contributed by atoms with Gasteiger partial charge in [-0.1, -0.05) is 41.9 Å². The first-order valence-electron chi connectivity index (χ1n) is 8.60. The molecule has 0 fully saturated rings. The lowest BCUT2D eigenvalue weighted by Crippen LogP contribution is -2.31. The number of phenols is 1. The second-order valence-electron chi connectivity index (χ2n) is 6.56. The molecule has 28 heavy (non-hydrogen) atoms. The van der Waals surface area contributed by atoms with Crippen molar-refractivity contribution in [1.29, 1.82) is 0 Å². The molecule has 0 aliphatic carbocycles. The molecule has 3 rings (SSSR count). The van der Waals surface area contributed by atoms with Crippen LogP contribution in [0, 0.1) is 0 Å². The topological polar surface area (TPSA) is 113 Å². The number of fused-ring (bicyclic) bond motifs is 1. The van der Waals surface area contributed by atoms with Crippen molar-refractivity contribution in [2.24, 2.45) is 0 Å². The van der Waals surface area contributed by atoms with Gasteiger partial charge in [-0.25, -0.2) is 4.79 Å². The SMILES string of the molecule is CC1Cc2c(Cl)cc(C(=O)NC(CC(=O)O)c3ccccc3)c(O)c2C(=O)O1. The molecule has 0 saturated heterocycles. The van der Waals surface area contributed by atoms with Crippen molar-refractivity contribution in [3.63, 3.8) is 0 Å². The Kier molecular flexibility index (Phi) is 5.56. The van der Waals surface area contributed by atoms with Gasteiger partial charge in [0.25, 0.3) is 5.91 Å². The number of carbonyl (C=O) groups is 3. The predicted octanol–water partition coefficient (Wildman–Crippen LogP) is 3.09. The Morgan fingerprint density at radius 2 is 2.00 bits per heavy atom. The molecular weight excluding hydrogens is 386 g/mol. The third-order valence-electron chi connectivity index (χ3n) is 4.49. The van der Waals surface area contributed by atoms with E-state index in [1.54, 1.807) is 37.3 Å². The van der Waals surface area contributed by atoms with E-state index in [0.717, 1.165) is 0 Å². The number of rotatable bonds is 5. The minimum Gasteiger partial charge on any atom is -0.506 e. The Bertz CT molecular complexity index is 943. The number of aliphatic carboxylic acids is 1. The van der Waals surface area contributed by atoms with Gasteiger partial charge in [0.2, 0.25) is 0 Å². The van der Waals surface area contributed by atoms with Crippen LogP contribution in [0.4, 0.5) is 0 Å². The zero-order chi connectivity index (χ0) is 20.4. The van der Waals surface area contributed by atoms with E-state index < -0.39 is 35.7 Å². The number of nitrogens with one attached hydrogen (secondary N) is 1. The molecule has 3 N–H and O–H groups in total. The van der Waals surface area contributed by atoms with Crippen molar-refractivity contribution in [2.45, 2.75) is 31.9 Å². The average Bonchev–Trinajstić information content (AvgIpc) is 2.63. The third-order valence-corrected chi connectivity index (χ3v) is 4.82. The van der Waals surface area contributed by atoms with Gasteiger partial charge in [0.05, 0.1) is 18.0 Å². The maximum absolute atomic E-state index is 12.8. The number of carboxylic acid groups (broad SMARTS) is 1. The summed E-state index contributed by atoms with van der Waals surface area (Å²) >= 11 is 6.24. The molecule has 0 aromatic heterocycles. The van der Waals surface area contributed by atoms with Gasteiger partial charge in [0.15, 0.2) is 0 Å². The van der Waals surface area contributed by atoms with Crippen molar-refractivity contribution in [2.75, 3.05) is 0 Å². The summed E-state index contributed by atoms with van der Waals surface area (Å²) in [6, 6.07) is 9.04. The van der Waals surface area contributed by atoms with Gasteiger partial charge in [-0.2, -0.15) is 0 Å². The van der Waals surface area contributed by atoms with Crippen molar-refractivity contribution in [3.8, 4) is 5.75 Å². The van der Waals surface area contributed by atoms with Gasteiger partial charge >= 0.3 is 11.9 Å². The minimum atomic E-state index is -1.10. The van der Waals surface area contributed by atoms with Crippen molar-refractivity contribution in [3.05, 3.63) is 63.7 Å². The Morgan fingerprint density at radius 3 is 2.64 bits per heavy atom. The number of esters is 1. The van der Waals surface area contributed by atoms with E-state index in [1.165, 1.54) is 6.07 Å². The number of benzene rings is 2. The molecule has 7 nitrogen and oxygen atoms in total. The number of ether oxygens (including phenoxy) is 1. The number of halogens is 1. The fourth-order valence-corrected chi connectivity index (χ4v) is 3.47. The fourth-order valence-electron chi connectivity index (χ4n) is 3.19. The standard InChI is InChI=1S/C20H18ClNO6/c1-10-7-12-14(21)8-13(18(25)17(12)20(27)28-10)19(26)22-15(9-16(23)24)11-5-3-2-4-6-11/h2-6,8,10,15,25H,7,9H2,1H3,(H,22,26)(H,23,24). The first-order valence-corrected chi connectivity index (χ1v) is 8.98. The number of carboxylic acids is 1. The van der Waals surface area contributed by atoms with Crippen LogP contribution in [0.3, 0.4) is 0 Å². The molecule has 146 valence electrons. The third kappa shape index (κ3) is 3.94. The van der Waals surface area contributed by atoms with Gasteiger partial charge in [0, 0.05) is 11.4 Å². The van der Waals surface area contributed by atoms with Gasteiger partial charge in [-0.3, -0.25) is 9.59 Å². The molecule has 2 unspecified atom stereocenters. The number of cyclic esters (lactones) is 1. The highest BCUT2D eigenvalue weighted by atomic mass is 35.5. The van der Waals surface area contributed by atoms with E-state index >= 15 is 0 Å². The molecule has 1 amide bonds. The van der Waals surface area contributed by atoms with Crippen molar-refractivity contribution in [1.82, 2.24) is 5.32 Å². The minimum absolute atomic E-state index is 0.134. The summed E-state index contributed by atoms with van der Waals surface area (Å²) in [5, 5.41) is 22.4. The van der Waals surface area contributed by atoms with Crippen molar-refractivity contribution >= 4 is 29.4 Å². The number of hydrogen-bond acceptors (Lipinski definition) is 5. The first-order chi connectivity index (χ1) is 13.3. The Labute approximate surface area is 165 Å². The maximum atomic E-state index is 12.8. The lowest BCUT2D eigenvalue weighted by Gasteiger charge is -2.25. The summed E-state index contributed by atoms with van der Waals surface area (Å²) < 4.78 is 5.12. The van der Waals surface area contributed by atoms with Crippen LogP contribution in [0.2, 0.25) is 5.02 Å². The van der Waals surface area contributed by atoms with Gasteiger partial charge in [-0.15, -0.1) is 0 Å². The van der Waals surface area contributed by atoms with Crippen LogP contribution in [0.15, 0.2) is 36.4 Å². The second-order valence-corrected chi connectivity index (χ2v) is 6.97. The Hall–Kier alpha value is -3.06. The van der Waals surface area contributed by atoms with Crippen LogP contribution in [0.1, 0.15) is 51.2 Å². The highest BCUT2D eigenvalue weighted by molar-refractivity contribution is 6.32. The molecule has 0 bridgehead atoms. The van der Waals surface area contributed by atoms with Gasteiger partial charge < -0.3 is 20.3 Å². The number of amides is 1. The summed E-state index contributed by atoms with van der Waals surface area (Å²) in [5.41, 5.74) is 0.659. The highest BCUT2D eigenvalue weighted by Crippen LogP contribution is 2.37. The van der Waals surface area contributed by atoms with Crippen LogP contribution in [-0.2, 0) is 16.0 Å². The van der Waals surface area contributed by atoms with Crippen LogP contribution < -0.4 is 5.32 Å². The van der Waals surface area contributed by atoms with E-state index in [4.69, 9.17) is 21.4 Å². The normalized spacial score (nSPS) is 16.6. The average molecular weight is 404 g/mol. The largest absolute Gasteiger partial charge is 0.506 e. The quantitative estimate of drug-likeness (QED) is 0.661. The highest BCUT2D eigenvalue weighted by Gasteiger charge is 2.32.